The zero-order valence-corrected chi connectivity index (χ0v) is 10.9. The summed E-state index contributed by atoms with van der Waals surface area (Å²) in [6.45, 7) is 3.90. The van der Waals surface area contributed by atoms with Gasteiger partial charge in [-0.2, -0.15) is 4.37 Å². The van der Waals surface area contributed by atoms with Gasteiger partial charge in [-0.3, -0.25) is 4.79 Å². The maximum absolute atomic E-state index is 11.9. The van der Waals surface area contributed by atoms with E-state index in [1.54, 1.807) is 6.92 Å². The molecule has 1 amide bonds. The first-order valence-corrected chi connectivity index (χ1v) is 6.38. The Morgan fingerprint density at radius 1 is 1.56 bits per heavy atom. The van der Waals surface area contributed by atoms with E-state index >= 15 is 0 Å². The zero-order chi connectivity index (χ0) is 13.3. The van der Waals surface area contributed by atoms with Crippen molar-refractivity contribution in [1.29, 1.82) is 0 Å². The molecule has 2 heterocycles. The number of aromatic nitrogens is 1. The largest absolute Gasteiger partial charge is 0.478 e. The van der Waals surface area contributed by atoms with Crippen molar-refractivity contribution < 1.29 is 19.4 Å². The Labute approximate surface area is 108 Å². The molecule has 2 N–H and O–H groups in total. The van der Waals surface area contributed by atoms with Gasteiger partial charge in [0.1, 0.15) is 10.6 Å². The highest BCUT2D eigenvalue weighted by Crippen LogP contribution is 2.27. The Balaban J connectivity index is 2.10. The van der Waals surface area contributed by atoms with Gasteiger partial charge in [0.25, 0.3) is 0 Å². The predicted molar refractivity (Wildman–Crippen MR) is 66.0 cm³/mol. The quantitative estimate of drug-likeness (QED) is 0.869. The van der Waals surface area contributed by atoms with Gasteiger partial charge in [-0.1, -0.05) is 0 Å². The third kappa shape index (κ3) is 2.51. The van der Waals surface area contributed by atoms with Crippen LogP contribution in [0.1, 0.15) is 29.4 Å². The van der Waals surface area contributed by atoms with E-state index in [1.165, 1.54) is 0 Å². The Morgan fingerprint density at radius 2 is 2.28 bits per heavy atom. The first-order chi connectivity index (χ1) is 8.49. The standard InChI is InChI=1S/C11H14N2O4S/c1-5-3-7(4-17-5)9(14)12-10-8(11(15)16)6(2)13-18-10/h5,7H,3-4H2,1-2H3,(H,12,14)(H,15,16). The Morgan fingerprint density at radius 3 is 2.83 bits per heavy atom. The minimum atomic E-state index is -1.08. The van der Waals surface area contributed by atoms with Crippen LogP contribution in [0.25, 0.3) is 0 Å². The highest BCUT2D eigenvalue weighted by Gasteiger charge is 2.29. The molecule has 1 aromatic heterocycles. The molecule has 0 spiro atoms. The Hall–Kier alpha value is -1.47. The van der Waals surface area contributed by atoms with Gasteiger partial charge < -0.3 is 15.2 Å². The van der Waals surface area contributed by atoms with Crippen molar-refractivity contribution in [3.05, 3.63) is 11.3 Å². The van der Waals surface area contributed by atoms with Gasteiger partial charge in [0.05, 0.1) is 24.3 Å². The molecule has 2 unspecified atom stereocenters. The van der Waals surface area contributed by atoms with Gasteiger partial charge in [0.15, 0.2) is 0 Å². The smallest absolute Gasteiger partial charge is 0.340 e. The molecule has 0 aromatic carbocycles. The number of carboxylic acid groups (broad SMARTS) is 1. The number of carbonyl (C=O) groups is 2. The summed E-state index contributed by atoms with van der Waals surface area (Å²) in [7, 11) is 0. The molecule has 2 rings (SSSR count). The number of amides is 1. The van der Waals surface area contributed by atoms with E-state index in [1.807, 2.05) is 6.92 Å². The molecule has 7 heteroatoms. The molecular weight excluding hydrogens is 256 g/mol. The predicted octanol–water partition coefficient (Wildman–Crippen LogP) is 1.51. The van der Waals surface area contributed by atoms with Crippen LogP contribution in [0.5, 0.6) is 0 Å². The van der Waals surface area contributed by atoms with Crippen molar-refractivity contribution in [1.82, 2.24) is 4.37 Å². The fraction of sp³-hybridized carbons (Fsp3) is 0.545. The minimum Gasteiger partial charge on any atom is -0.478 e. The number of anilines is 1. The van der Waals surface area contributed by atoms with E-state index < -0.39 is 5.97 Å². The highest BCUT2D eigenvalue weighted by molar-refractivity contribution is 7.11. The number of hydrogen-bond acceptors (Lipinski definition) is 5. The first-order valence-electron chi connectivity index (χ1n) is 5.61. The number of carbonyl (C=O) groups excluding carboxylic acids is 1. The lowest BCUT2D eigenvalue weighted by Gasteiger charge is -2.08. The van der Waals surface area contributed by atoms with Gasteiger partial charge >= 0.3 is 5.97 Å². The van der Waals surface area contributed by atoms with E-state index in [4.69, 9.17) is 9.84 Å². The van der Waals surface area contributed by atoms with Crippen LogP contribution in [-0.2, 0) is 9.53 Å². The number of ether oxygens (including phenoxy) is 1. The van der Waals surface area contributed by atoms with Crippen LogP contribution < -0.4 is 5.32 Å². The van der Waals surface area contributed by atoms with Crippen LogP contribution in [-0.4, -0.2) is 34.1 Å². The summed E-state index contributed by atoms with van der Waals surface area (Å²) in [5, 5.41) is 12.0. The van der Waals surface area contributed by atoms with Crippen LogP contribution in [0.15, 0.2) is 0 Å². The molecule has 2 atom stereocenters. The maximum atomic E-state index is 11.9. The number of carboxylic acids is 1. The SMILES string of the molecule is Cc1nsc(NC(=O)C2COC(C)C2)c1C(=O)O. The van der Waals surface area contributed by atoms with E-state index in [2.05, 4.69) is 9.69 Å². The molecule has 98 valence electrons. The molecular formula is C11H14N2O4S. The minimum absolute atomic E-state index is 0.0697. The van der Waals surface area contributed by atoms with E-state index in [9.17, 15) is 9.59 Å². The molecule has 0 bridgehead atoms. The molecule has 1 aliphatic rings. The fourth-order valence-electron chi connectivity index (χ4n) is 1.92. The number of hydrogen-bond donors (Lipinski definition) is 2. The van der Waals surface area contributed by atoms with Crippen molar-refractivity contribution >= 4 is 28.4 Å². The average molecular weight is 270 g/mol. The van der Waals surface area contributed by atoms with Crippen molar-refractivity contribution in [2.24, 2.45) is 5.92 Å². The molecule has 1 saturated heterocycles. The summed E-state index contributed by atoms with van der Waals surface area (Å²) in [6, 6.07) is 0. The lowest BCUT2D eigenvalue weighted by atomic mass is 10.1. The van der Waals surface area contributed by atoms with Crippen molar-refractivity contribution in [3.8, 4) is 0 Å². The van der Waals surface area contributed by atoms with Gasteiger partial charge in [-0.05, 0) is 31.8 Å². The first kappa shape index (κ1) is 13.0. The van der Waals surface area contributed by atoms with Crippen molar-refractivity contribution in [2.75, 3.05) is 11.9 Å². The number of aryl methyl sites for hydroxylation is 1. The number of aromatic carboxylic acids is 1. The maximum Gasteiger partial charge on any atom is 0.340 e. The molecule has 0 aliphatic carbocycles. The summed E-state index contributed by atoms with van der Waals surface area (Å²) in [5.41, 5.74) is 0.485. The molecule has 18 heavy (non-hydrogen) atoms. The average Bonchev–Trinajstić information content (AvgIpc) is 2.85. The van der Waals surface area contributed by atoms with Crippen LogP contribution >= 0.6 is 11.5 Å². The zero-order valence-electron chi connectivity index (χ0n) is 10.1. The second-order valence-corrected chi connectivity index (χ2v) is 5.12. The van der Waals surface area contributed by atoms with Crippen LogP contribution in [0, 0.1) is 12.8 Å². The van der Waals surface area contributed by atoms with E-state index in [-0.39, 0.29) is 23.5 Å². The third-order valence-electron chi connectivity index (χ3n) is 2.88. The summed E-state index contributed by atoms with van der Waals surface area (Å²) >= 11 is 0.989. The van der Waals surface area contributed by atoms with Gasteiger partial charge in [-0.25, -0.2) is 4.79 Å². The lowest BCUT2D eigenvalue weighted by molar-refractivity contribution is -0.119. The van der Waals surface area contributed by atoms with Crippen molar-refractivity contribution in [3.63, 3.8) is 0 Å². The highest BCUT2D eigenvalue weighted by atomic mass is 32.1. The summed E-state index contributed by atoms with van der Waals surface area (Å²) in [6.07, 6.45) is 0.731. The van der Waals surface area contributed by atoms with Gasteiger partial charge in [0.2, 0.25) is 5.91 Å². The Kier molecular flexibility index (Phi) is 3.63. The molecule has 1 aliphatic heterocycles. The third-order valence-corrected chi connectivity index (χ3v) is 3.74. The fourth-order valence-corrected chi connectivity index (χ4v) is 2.71. The van der Waals surface area contributed by atoms with Crippen molar-refractivity contribution in [2.45, 2.75) is 26.4 Å². The summed E-state index contributed by atoms with van der Waals surface area (Å²) in [5.74, 6) is -1.50. The normalized spacial score (nSPS) is 23.0. The van der Waals surface area contributed by atoms with E-state index in [0.29, 0.717) is 23.7 Å². The molecule has 0 radical (unpaired) electrons. The van der Waals surface area contributed by atoms with Gasteiger partial charge in [0, 0.05) is 0 Å². The van der Waals surface area contributed by atoms with E-state index in [0.717, 1.165) is 11.5 Å². The number of nitrogens with zero attached hydrogens (tertiary/aromatic N) is 1. The second-order valence-electron chi connectivity index (χ2n) is 4.34. The molecule has 6 nitrogen and oxygen atoms in total. The lowest BCUT2D eigenvalue weighted by Crippen LogP contribution is -2.23. The van der Waals surface area contributed by atoms with Gasteiger partial charge in [-0.15, -0.1) is 0 Å². The summed E-state index contributed by atoms with van der Waals surface area (Å²) < 4.78 is 9.27. The number of rotatable bonds is 3. The van der Waals surface area contributed by atoms with Crippen LogP contribution in [0.3, 0.4) is 0 Å². The second kappa shape index (κ2) is 5.03. The topological polar surface area (TPSA) is 88.5 Å². The monoisotopic (exact) mass is 270 g/mol. The number of nitrogens with one attached hydrogen (secondary N) is 1. The molecule has 0 saturated carbocycles. The van der Waals surface area contributed by atoms with Crippen LogP contribution in [0.4, 0.5) is 5.00 Å². The molecule has 1 aromatic rings. The van der Waals surface area contributed by atoms with Crippen LogP contribution in [0.2, 0.25) is 0 Å². The summed E-state index contributed by atoms with van der Waals surface area (Å²) in [4.78, 5) is 23.0. The Bertz CT molecular complexity index is 485. The molecule has 1 fully saturated rings.